The third-order valence-electron chi connectivity index (χ3n) is 4.08. The highest BCUT2D eigenvalue weighted by Crippen LogP contribution is 2.26. The first-order chi connectivity index (χ1) is 12.5. The summed E-state index contributed by atoms with van der Waals surface area (Å²) in [5, 5.41) is 8.12. The molecule has 2 heterocycles. The lowest BCUT2D eigenvalue weighted by molar-refractivity contribution is 0.226. The number of aromatic nitrogens is 2. The third-order valence-corrected chi connectivity index (χ3v) is 6.62. The standard InChI is InChI=1S/C17H21FN4O2S2/c1-13-20-21-16(25-13)12-22-11-5-8-15(18)17(22)26(23,24)19-10-9-14-6-3-2-4-7-14/h2-4,6-8,17,19H,5,9-12H2,1H3. The molecule has 1 N–H and O–H groups in total. The summed E-state index contributed by atoms with van der Waals surface area (Å²) in [5.74, 6) is -0.635. The number of rotatable bonds is 7. The number of aryl methyl sites for hydroxylation is 1. The van der Waals surface area contributed by atoms with Gasteiger partial charge in [-0.05, 0) is 31.4 Å². The van der Waals surface area contributed by atoms with Gasteiger partial charge >= 0.3 is 0 Å². The van der Waals surface area contributed by atoms with Crippen LogP contribution in [0, 0.1) is 6.92 Å². The molecular formula is C17H21FN4O2S2. The lowest BCUT2D eigenvalue weighted by Crippen LogP contribution is -2.48. The molecule has 0 fully saturated rings. The second-order valence-corrected chi connectivity index (χ2v) is 9.18. The highest BCUT2D eigenvalue weighted by Gasteiger charge is 2.37. The Bertz CT molecular complexity index is 868. The summed E-state index contributed by atoms with van der Waals surface area (Å²) in [6.07, 6.45) is 2.37. The van der Waals surface area contributed by atoms with Crippen LogP contribution in [0.1, 0.15) is 22.0 Å². The minimum atomic E-state index is -3.88. The molecule has 0 saturated heterocycles. The summed E-state index contributed by atoms with van der Waals surface area (Å²) >= 11 is 1.39. The van der Waals surface area contributed by atoms with E-state index in [1.165, 1.54) is 17.4 Å². The van der Waals surface area contributed by atoms with Crippen molar-refractivity contribution in [3.63, 3.8) is 0 Å². The monoisotopic (exact) mass is 396 g/mol. The van der Waals surface area contributed by atoms with E-state index in [0.717, 1.165) is 10.6 Å². The molecular weight excluding hydrogens is 375 g/mol. The van der Waals surface area contributed by atoms with E-state index >= 15 is 0 Å². The van der Waals surface area contributed by atoms with Crippen molar-refractivity contribution in [1.82, 2.24) is 19.8 Å². The van der Waals surface area contributed by atoms with Gasteiger partial charge in [0.2, 0.25) is 10.0 Å². The normalized spacial score (nSPS) is 18.7. The fourth-order valence-electron chi connectivity index (χ4n) is 2.90. The Hall–Kier alpha value is -1.68. The van der Waals surface area contributed by atoms with Crippen molar-refractivity contribution < 1.29 is 12.8 Å². The minimum Gasteiger partial charge on any atom is -0.273 e. The molecule has 0 spiro atoms. The van der Waals surface area contributed by atoms with E-state index in [0.29, 0.717) is 24.4 Å². The lowest BCUT2D eigenvalue weighted by atomic mass is 10.2. The second-order valence-electron chi connectivity index (χ2n) is 6.09. The van der Waals surface area contributed by atoms with Gasteiger partial charge in [-0.1, -0.05) is 30.3 Å². The fraction of sp³-hybridized carbons (Fsp3) is 0.412. The van der Waals surface area contributed by atoms with Gasteiger partial charge in [-0.2, -0.15) is 0 Å². The second kappa shape index (κ2) is 8.34. The van der Waals surface area contributed by atoms with E-state index in [1.54, 1.807) is 4.90 Å². The number of nitrogens with one attached hydrogen (secondary N) is 1. The molecule has 1 aliphatic rings. The summed E-state index contributed by atoms with van der Waals surface area (Å²) < 4.78 is 42.4. The predicted molar refractivity (Wildman–Crippen MR) is 99.7 cm³/mol. The largest absolute Gasteiger partial charge is 0.273 e. The van der Waals surface area contributed by atoms with E-state index in [1.807, 2.05) is 37.3 Å². The van der Waals surface area contributed by atoms with E-state index in [-0.39, 0.29) is 13.1 Å². The summed E-state index contributed by atoms with van der Waals surface area (Å²) in [5.41, 5.74) is 1.02. The van der Waals surface area contributed by atoms with Crippen molar-refractivity contribution >= 4 is 21.4 Å². The Balaban J connectivity index is 1.69. The van der Waals surface area contributed by atoms with Crippen molar-refractivity contribution in [3.8, 4) is 0 Å². The molecule has 140 valence electrons. The van der Waals surface area contributed by atoms with Crippen molar-refractivity contribution in [1.29, 1.82) is 0 Å². The Labute approximate surface area is 156 Å². The van der Waals surface area contributed by atoms with E-state index in [9.17, 15) is 12.8 Å². The lowest BCUT2D eigenvalue weighted by Gasteiger charge is -2.32. The smallest absolute Gasteiger partial charge is 0.234 e. The van der Waals surface area contributed by atoms with Crippen molar-refractivity contribution in [2.75, 3.05) is 13.1 Å². The van der Waals surface area contributed by atoms with Crippen molar-refractivity contribution in [2.45, 2.75) is 31.7 Å². The van der Waals surface area contributed by atoms with Gasteiger partial charge in [0.15, 0.2) is 5.37 Å². The topological polar surface area (TPSA) is 75.2 Å². The molecule has 0 amide bonds. The molecule has 26 heavy (non-hydrogen) atoms. The first kappa shape index (κ1) is 19.1. The number of hydrogen-bond donors (Lipinski definition) is 1. The third kappa shape index (κ3) is 4.73. The van der Waals surface area contributed by atoms with Crippen LogP contribution < -0.4 is 4.72 Å². The average molecular weight is 397 g/mol. The van der Waals surface area contributed by atoms with Crippen molar-refractivity contribution in [2.24, 2.45) is 0 Å². The van der Waals surface area contributed by atoms with E-state index in [2.05, 4.69) is 14.9 Å². The fourth-order valence-corrected chi connectivity index (χ4v) is 5.15. The zero-order valence-corrected chi connectivity index (χ0v) is 16.1. The molecule has 1 aliphatic heterocycles. The number of sulfonamides is 1. The number of nitrogens with zero attached hydrogens (tertiary/aromatic N) is 3. The Kier molecular flexibility index (Phi) is 6.13. The predicted octanol–water partition coefficient (Wildman–Crippen LogP) is 2.39. The van der Waals surface area contributed by atoms with Crippen LogP contribution in [0.5, 0.6) is 0 Å². The van der Waals surface area contributed by atoms with Gasteiger partial charge in [0.25, 0.3) is 0 Å². The first-order valence-corrected chi connectivity index (χ1v) is 10.7. The summed E-state index contributed by atoms with van der Waals surface area (Å²) in [4.78, 5) is 1.60. The molecule has 2 aromatic rings. The molecule has 9 heteroatoms. The van der Waals surface area contributed by atoms with Gasteiger partial charge in [-0.25, -0.2) is 17.5 Å². The molecule has 1 unspecified atom stereocenters. The summed E-state index contributed by atoms with van der Waals surface area (Å²) in [6, 6.07) is 9.57. The summed E-state index contributed by atoms with van der Waals surface area (Å²) in [6.45, 7) is 2.77. The maximum atomic E-state index is 14.4. The van der Waals surface area contributed by atoms with Gasteiger partial charge in [0.1, 0.15) is 15.8 Å². The van der Waals surface area contributed by atoms with Crippen molar-refractivity contribution in [3.05, 3.63) is 57.8 Å². The van der Waals surface area contributed by atoms with Crippen LogP contribution in [0.25, 0.3) is 0 Å². The van der Waals surface area contributed by atoms with Crippen LogP contribution in [0.3, 0.4) is 0 Å². The van der Waals surface area contributed by atoms with Crippen LogP contribution in [0.15, 0.2) is 42.2 Å². The van der Waals surface area contributed by atoms with Gasteiger partial charge in [0.05, 0.1) is 6.54 Å². The number of hydrogen-bond acceptors (Lipinski definition) is 6. The Morgan fingerprint density at radius 1 is 1.31 bits per heavy atom. The van der Waals surface area contributed by atoms with Gasteiger partial charge in [-0.15, -0.1) is 21.5 Å². The SMILES string of the molecule is Cc1nnc(CN2CCC=C(F)C2S(=O)(=O)NCCc2ccccc2)s1. The average Bonchev–Trinajstić information content (AvgIpc) is 3.00. The maximum absolute atomic E-state index is 14.4. The molecule has 0 saturated carbocycles. The van der Waals surface area contributed by atoms with Crippen LogP contribution in [-0.4, -0.2) is 42.0 Å². The Morgan fingerprint density at radius 2 is 2.08 bits per heavy atom. The zero-order valence-electron chi connectivity index (χ0n) is 14.4. The molecule has 1 aromatic heterocycles. The minimum absolute atomic E-state index is 0.224. The van der Waals surface area contributed by atoms with Crippen LogP contribution >= 0.6 is 11.3 Å². The summed E-state index contributed by atoms with van der Waals surface area (Å²) in [7, 11) is -3.88. The van der Waals surface area contributed by atoms with Gasteiger partial charge in [-0.3, -0.25) is 4.90 Å². The number of benzene rings is 1. The molecule has 0 bridgehead atoms. The van der Waals surface area contributed by atoms with Crippen LogP contribution in [0.4, 0.5) is 4.39 Å². The Morgan fingerprint density at radius 3 is 2.77 bits per heavy atom. The molecule has 0 radical (unpaired) electrons. The van der Waals surface area contributed by atoms with Crippen LogP contribution in [0.2, 0.25) is 0 Å². The first-order valence-electron chi connectivity index (χ1n) is 8.37. The highest BCUT2D eigenvalue weighted by molar-refractivity contribution is 7.90. The van der Waals surface area contributed by atoms with E-state index in [4.69, 9.17) is 0 Å². The van der Waals surface area contributed by atoms with Crippen LogP contribution in [-0.2, 0) is 23.0 Å². The van der Waals surface area contributed by atoms with Gasteiger partial charge in [0, 0.05) is 13.1 Å². The molecule has 1 atom stereocenters. The maximum Gasteiger partial charge on any atom is 0.234 e. The molecule has 0 aliphatic carbocycles. The molecule has 3 rings (SSSR count). The highest BCUT2D eigenvalue weighted by atomic mass is 32.2. The molecule has 6 nitrogen and oxygen atoms in total. The number of halogens is 1. The zero-order chi connectivity index (χ0) is 18.6. The van der Waals surface area contributed by atoms with E-state index < -0.39 is 21.2 Å². The van der Waals surface area contributed by atoms with Gasteiger partial charge < -0.3 is 0 Å². The molecule has 1 aromatic carbocycles. The quantitative estimate of drug-likeness (QED) is 0.778.